The third kappa shape index (κ3) is 5.10. The van der Waals surface area contributed by atoms with Crippen LogP contribution < -0.4 is 0 Å². The second kappa shape index (κ2) is 7.74. The SMILES string of the molecule is CN(C)C(=O)CN1CCN(C(=O)CCl)CC1.Cl. The van der Waals surface area contributed by atoms with E-state index >= 15 is 0 Å². The summed E-state index contributed by atoms with van der Waals surface area (Å²) >= 11 is 5.48. The molecule has 0 N–H and O–H groups in total. The number of rotatable bonds is 3. The fourth-order valence-corrected chi connectivity index (χ4v) is 1.74. The minimum Gasteiger partial charge on any atom is -0.348 e. The smallest absolute Gasteiger partial charge is 0.237 e. The summed E-state index contributed by atoms with van der Waals surface area (Å²) in [6.45, 7) is 3.22. The zero-order valence-corrected chi connectivity index (χ0v) is 11.8. The number of nitrogens with zero attached hydrogens (tertiary/aromatic N) is 3. The fraction of sp³-hybridized carbons (Fsp3) is 0.800. The first-order valence-corrected chi connectivity index (χ1v) is 5.84. The molecule has 0 unspecified atom stereocenters. The van der Waals surface area contributed by atoms with Gasteiger partial charge in [0.2, 0.25) is 11.8 Å². The first-order valence-electron chi connectivity index (χ1n) is 5.31. The van der Waals surface area contributed by atoms with Gasteiger partial charge in [0.05, 0.1) is 6.54 Å². The van der Waals surface area contributed by atoms with E-state index in [9.17, 15) is 9.59 Å². The molecular weight excluding hydrogens is 265 g/mol. The molecule has 0 saturated carbocycles. The van der Waals surface area contributed by atoms with E-state index in [2.05, 4.69) is 4.90 Å². The molecule has 0 aromatic heterocycles. The molecule has 1 fully saturated rings. The van der Waals surface area contributed by atoms with Gasteiger partial charge in [-0.25, -0.2) is 0 Å². The van der Waals surface area contributed by atoms with Gasteiger partial charge >= 0.3 is 0 Å². The Morgan fingerprint density at radius 3 is 2.12 bits per heavy atom. The lowest BCUT2D eigenvalue weighted by atomic mass is 10.3. The van der Waals surface area contributed by atoms with E-state index in [4.69, 9.17) is 11.6 Å². The van der Waals surface area contributed by atoms with Crippen LogP contribution in [0.15, 0.2) is 0 Å². The van der Waals surface area contributed by atoms with Gasteiger partial charge in [-0.3, -0.25) is 14.5 Å². The van der Waals surface area contributed by atoms with Crippen LogP contribution in [0.1, 0.15) is 0 Å². The molecule has 0 radical (unpaired) electrons. The van der Waals surface area contributed by atoms with Crippen molar-refractivity contribution in [2.75, 3.05) is 52.7 Å². The summed E-state index contributed by atoms with van der Waals surface area (Å²) in [4.78, 5) is 28.1. The maximum Gasteiger partial charge on any atom is 0.237 e. The summed E-state index contributed by atoms with van der Waals surface area (Å²) in [7, 11) is 3.49. The normalized spacial score (nSPS) is 16.3. The van der Waals surface area contributed by atoms with Gasteiger partial charge in [-0.2, -0.15) is 0 Å². The Morgan fingerprint density at radius 1 is 1.18 bits per heavy atom. The predicted octanol–water partition coefficient (Wildman–Crippen LogP) is -0.121. The van der Waals surface area contributed by atoms with Gasteiger partial charge in [-0.15, -0.1) is 24.0 Å². The molecule has 0 atom stereocenters. The zero-order valence-electron chi connectivity index (χ0n) is 10.2. The van der Waals surface area contributed by atoms with Gasteiger partial charge in [0.15, 0.2) is 0 Å². The van der Waals surface area contributed by atoms with Crippen LogP contribution in [0.25, 0.3) is 0 Å². The van der Waals surface area contributed by atoms with Crippen LogP contribution in [-0.2, 0) is 9.59 Å². The number of amides is 2. The van der Waals surface area contributed by atoms with Crippen LogP contribution in [0.4, 0.5) is 0 Å². The minimum absolute atomic E-state index is 0. The van der Waals surface area contributed by atoms with Crippen molar-refractivity contribution >= 4 is 35.8 Å². The van der Waals surface area contributed by atoms with Crippen molar-refractivity contribution in [3.05, 3.63) is 0 Å². The summed E-state index contributed by atoms with van der Waals surface area (Å²) in [6.07, 6.45) is 0. The molecule has 0 aromatic rings. The molecule has 1 rings (SSSR count). The number of hydrogen-bond acceptors (Lipinski definition) is 3. The summed E-state index contributed by atoms with van der Waals surface area (Å²) in [5.41, 5.74) is 0. The molecule has 5 nitrogen and oxygen atoms in total. The molecule has 0 bridgehead atoms. The molecule has 7 heteroatoms. The molecule has 2 amide bonds. The monoisotopic (exact) mass is 283 g/mol. The largest absolute Gasteiger partial charge is 0.348 e. The number of carbonyl (C=O) groups is 2. The molecular formula is C10H19Cl2N3O2. The second-order valence-electron chi connectivity index (χ2n) is 4.08. The van der Waals surface area contributed by atoms with Crippen molar-refractivity contribution in [2.24, 2.45) is 0 Å². The Morgan fingerprint density at radius 2 is 1.71 bits per heavy atom. The first-order chi connectivity index (χ1) is 7.54. The van der Waals surface area contributed by atoms with Gasteiger partial charge in [0, 0.05) is 40.3 Å². The van der Waals surface area contributed by atoms with Gasteiger partial charge in [-0.05, 0) is 0 Å². The average molecular weight is 284 g/mol. The van der Waals surface area contributed by atoms with E-state index < -0.39 is 0 Å². The van der Waals surface area contributed by atoms with E-state index in [0.29, 0.717) is 19.6 Å². The number of likely N-dealkylation sites (N-methyl/N-ethyl adjacent to an activating group) is 1. The molecule has 0 aliphatic carbocycles. The van der Waals surface area contributed by atoms with Crippen LogP contribution in [0.5, 0.6) is 0 Å². The third-order valence-electron chi connectivity index (χ3n) is 2.70. The zero-order chi connectivity index (χ0) is 12.1. The topological polar surface area (TPSA) is 43.9 Å². The lowest BCUT2D eigenvalue weighted by molar-refractivity contribution is -0.132. The van der Waals surface area contributed by atoms with E-state index in [1.807, 2.05) is 0 Å². The first kappa shape index (κ1) is 16.5. The minimum atomic E-state index is -0.0275. The summed E-state index contributed by atoms with van der Waals surface area (Å²) in [5, 5.41) is 0. The lowest BCUT2D eigenvalue weighted by Gasteiger charge is -2.34. The highest BCUT2D eigenvalue weighted by atomic mass is 35.5. The van der Waals surface area contributed by atoms with Gasteiger partial charge in [0.1, 0.15) is 5.88 Å². The number of halogens is 2. The van der Waals surface area contributed by atoms with Gasteiger partial charge < -0.3 is 9.80 Å². The Hall–Kier alpha value is -0.520. The van der Waals surface area contributed by atoms with E-state index in [-0.39, 0.29) is 30.1 Å². The Kier molecular flexibility index (Phi) is 7.50. The number of carbonyl (C=O) groups excluding carboxylic acids is 2. The molecule has 1 saturated heterocycles. The van der Waals surface area contributed by atoms with Gasteiger partial charge in [-0.1, -0.05) is 0 Å². The maximum absolute atomic E-state index is 11.5. The van der Waals surface area contributed by atoms with E-state index in [1.165, 1.54) is 0 Å². The molecule has 1 aliphatic heterocycles. The Balaban J connectivity index is 0.00000256. The fourth-order valence-electron chi connectivity index (χ4n) is 1.57. The van der Waals surface area contributed by atoms with E-state index in [0.717, 1.165) is 13.1 Å². The quantitative estimate of drug-likeness (QED) is 0.679. The van der Waals surface area contributed by atoms with Crippen molar-refractivity contribution in [3.8, 4) is 0 Å². The van der Waals surface area contributed by atoms with Gasteiger partial charge in [0.25, 0.3) is 0 Å². The van der Waals surface area contributed by atoms with Crippen molar-refractivity contribution in [2.45, 2.75) is 0 Å². The highest BCUT2D eigenvalue weighted by Gasteiger charge is 2.21. The van der Waals surface area contributed by atoms with Crippen LogP contribution in [0.2, 0.25) is 0 Å². The average Bonchev–Trinajstić information content (AvgIpc) is 2.28. The molecule has 0 aromatic carbocycles. The molecule has 100 valence electrons. The van der Waals surface area contributed by atoms with Crippen molar-refractivity contribution in [1.29, 1.82) is 0 Å². The van der Waals surface area contributed by atoms with Crippen molar-refractivity contribution in [3.63, 3.8) is 0 Å². The lowest BCUT2D eigenvalue weighted by Crippen LogP contribution is -2.51. The second-order valence-corrected chi connectivity index (χ2v) is 4.35. The Bertz CT molecular complexity index is 266. The summed E-state index contributed by atoms with van der Waals surface area (Å²) < 4.78 is 0. The summed E-state index contributed by atoms with van der Waals surface area (Å²) in [6, 6.07) is 0. The van der Waals surface area contributed by atoms with Crippen LogP contribution in [0.3, 0.4) is 0 Å². The standard InChI is InChI=1S/C10H18ClN3O2.ClH/c1-12(2)10(16)8-13-3-5-14(6-4-13)9(15)7-11;/h3-8H2,1-2H3;1H. The molecule has 1 heterocycles. The summed E-state index contributed by atoms with van der Waals surface area (Å²) in [5.74, 6) is 0.105. The number of piperazine rings is 1. The highest BCUT2D eigenvalue weighted by molar-refractivity contribution is 6.27. The van der Waals surface area contributed by atoms with Crippen molar-refractivity contribution in [1.82, 2.24) is 14.7 Å². The predicted molar refractivity (Wildman–Crippen MR) is 69.7 cm³/mol. The highest BCUT2D eigenvalue weighted by Crippen LogP contribution is 2.03. The van der Waals surface area contributed by atoms with Crippen LogP contribution in [0, 0.1) is 0 Å². The Labute approximate surface area is 113 Å². The van der Waals surface area contributed by atoms with Crippen LogP contribution >= 0.6 is 24.0 Å². The van der Waals surface area contributed by atoms with Crippen molar-refractivity contribution < 1.29 is 9.59 Å². The number of alkyl halides is 1. The molecule has 17 heavy (non-hydrogen) atoms. The molecule has 1 aliphatic rings. The number of hydrogen-bond donors (Lipinski definition) is 0. The molecule has 0 spiro atoms. The van der Waals surface area contributed by atoms with Crippen LogP contribution in [-0.4, -0.2) is 79.2 Å². The third-order valence-corrected chi connectivity index (χ3v) is 2.93. The maximum atomic E-state index is 11.5. The van der Waals surface area contributed by atoms with E-state index in [1.54, 1.807) is 23.9 Å².